The number of nitrogens with one attached hydrogen (secondary N) is 3. The van der Waals surface area contributed by atoms with Crippen LogP contribution in [0.5, 0.6) is 11.5 Å². The lowest BCUT2D eigenvalue weighted by Crippen LogP contribution is -2.41. The Balaban J connectivity index is 1.71. The standard InChI is InChI=1S/C25H32IN3O7/c1-15-18(26)6-7-20(31)24(33)19(30)5-2-4-16-12-17(13-21(32)23(16)25(34)36-15)35-11-3-8-27-14-22-28-9-10-29-22/h2,4,6-7,9-10,12-13,15,18-19,22,24,27-30,32-33H,3,5,8,11,14H2,1H3/b4-2+,7-6-/t15-,18+,19?,24?/m0/s1. The van der Waals surface area contributed by atoms with Crippen LogP contribution in [0.2, 0.25) is 0 Å². The molecule has 6 N–H and O–H groups in total. The van der Waals surface area contributed by atoms with Crippen molar-refractivity contribution in [1.29, 1.82) is 0 Å². The summed E-state index contributed by atoms with van der Waals surface area (Å²) >= 11 is 2.00. The zero-order valence-electron chi connectivity index (χ0n) is 19.9. The number of carbonyl (C=O) groups excluding carboxylic acids is 2. The first-order valence-corrected chi connectivity index (χ1v) is 13.0. The minimum Gasteiger partial charge on any atom is -0.507 e. The Morgan fingerprint density at radius 1 is 1.19 bits per heavy atom. The number of aliphatic hydroxyl groups excluding tert-OH is 2. The minimum absolute atomic E-state index is 0.0342. The molecule has 196 valence electrons. The number of hydrogen-bond acceptors (Lipinski definition) is 10. The van der Waals surface area contributed by atoms with Gasteiger partial charge in [-0.3, -0.25) is 4.79 Å². The van der Waals surface area contributed by atoms with Crippen LogP contribution in [0.4, 0.5) is 0 Å². The van der Waals surface area contributed by atoms with Gasteiger partial charge in [-0.25, -0.2) is 4.79 Å². The molecule has 3 rings (SSSR count). The normalized spacial score (nSPS) is 26.8. The average molecular weight is 613 g/mol. The number of phenols is 1. The third-order valence-corrected chi connectivity index (χ3v) is 7.06. The Labute approximate surface area is 223 Å². The predicted octanol–water partition coefficient (Wildman–Crippen LogP) is 1.35. The first kappa shape index (κ1) is 28.0. The number of aromatic hydroxyl groups is 1. The van der Waals surface area contributed by atoms with E-state index in [1.165, 1.54) is 30.4 Å². The zero-order chi connectivity index (χ0) is 26.1. The summed E-state index contributed by atoms with van der Waals surface area (Å²) in [5.74, 6) is -1.29. The number of halogens is 1. The molecule has 1 aromatic rings. The zero-order valence-corrected chi connectivity index (χ0v) is 22.1. The molecule has 0 saturated heterocycles. The van der Waals surface area contributed by atoms with Gasteiger partial charge in [0.15, 0.2) is 5.78 Å². The van der Waals surface area contributed by atoms with E-state index in [4.69, 9.17) is 9.47 Å². The van der Waals surface area contributed by atoms with Gasteiger partial charge in [0.2, 0.25) is 0 Å². The first-order valence-electron chi connectivity index (χ1n) is 11.7. The van der Waals surface area contributed by atoms with Gasteiger partial charge >= 0.3 is 5.97 Å². The lowest BCUT2D eigenvalue weighted by Gasteiger charge is -2.19. The molecule has 2 unspecified atom stereocenters. The number of esters is 1. The number of carbonyl (C=O) groups is 2. The van der Waals surface area contributed by atoms with Crippen LogP contribution >= 0.6 is 22.6 Å². The first-order chi connectivity index (χ1) is 17.3. The third kappa shape index (κ3) is 7.95. The van der Waals surface area contributed by atoms with E-state index in [0.29, 0.717) is 17.9 Å². The van der Waals surface area contributed by atoms with Gasteiger partial charge in [-0.2, -0.15) is 0 Å². The van der Waals surface area contributed by atoms with E-state index in [1.807, 2.05) is 35.0 Å². The number of fused-ring (bicyclic) bond motifs is 1. The van der Waals surface area contributed by atoms with Crippen molar-refractivity contribution < 1.29 is 34.4 Å². The fraction of sp³-hybridized carbons (Fsp3) is 0.440. The number of hydrogen-bond donors (Lipinski definition) is 6. The van der Waals surface area contributed by atoms with Crippen LogP contribution < -0.4 is 20.7 Å². The Hall–Kier alpha value is -2.61. The van der Waals surface area contributed by atoms with E-state index in [-0.39, 0.29) is 27.8 Å². The van der Waals surface area contributed by atoms with E-state index in [1.54, 1.807) is 13.0 Å². The van der Waals surface area contributed by atoms with Crippen molar-refractivity contribution in [2.75, 3.05) is 19.7 Å². The summed E-state index contributed by atoms with van der Waals surface area (Å²) in [4.78, 5) is 25.1. The average Bonchev–Trinajstić information content (AvgIpc) is 3.36. The van der Waals surface area contributed by atoms with Crippen LogP contribution in [0.1, 0.15) is 35.7 Å². The van der Waals surface area contributed by atoms with Gasteiger partial charge in [-0.1, -0.05) is 40.8 Å². The van der Waals surface area contributed by atoms with Crippen molar-refractivity contribution in [1.82, 2.24) is 16.0 Å². The molecule has 4 atom stereocenters. The summed E-state index contributed by atoms with van der Waals surface area (Å²) in [5, 5.41) is 40.6. The fourth-order valence-corrected chi connectivity index (χ4v) is 3.93. The Bertz CT molecular complexity index is 1010. The minimum atomic E-state index is -1.58. The SMILES string of the molecule is C[C@@H]1OC(=O)c2c(O)cc(OCCCNCC3NC=CN3)cc2/C=C/CC(O)C(O)C(=O)/C=C\[C@H]1I. The molecule has 0 saturated carbocycles. The van der Waals surface area contributed by atoms with Crippen molar-refractivity contribution in [3.8, 4) is 11.5 Å². The molecule has 10 nitrogen and oxygen atoms in total. The quantitative estimate of drug-likeness (QED) is 0.115. The van der Waals surface area contributed by atoms with Crippen LogP contribution in [0, 0.1) is 0 Å². The number of alkyl halides is 1. The molecular weight excluding hydrogens is 581 g/mol. The van der Waals surface area contributed by atoms with Crippen LogP contribution in [-0.2, 0) is 9.53 Å². The van der Waals surface area contributed by atoms with Crippen molar-refractivity contribution in [3.05, 3.63) is 53.9 Å². The molecule has 0 bridgehead atoms. The highest BCUT2D eigenvalue weighted by molar-refractivity contribution is 14.1. The molecule has 11 heteroatoms. The molecule has 0 aromatic heterocycles. The largest absolute Gasteiger partial charge is 0.507 e. The Kier molecular flexibility index (Phi) is 10.6. The van der Waals surface area contributed by atoms with Gasteiger partial charge in [-0.05, 0) is 44.0 Å². The highest BCUT2D eigenvalue weighted by atomic mass is 127. The molecule has 0 spiro atoms. The number of benzene rings is 1. The lowest BCUT2D eigenvalue weighted by atomic mass is 10.0. The topological polar surface area (TPSA) is 149 Å². The smallest absolute Gasteiger partial charge is 0.342 e. The summed E-state index contributed by atoms with van der Waals surface area (Å²) in [5.41, 5.74) is 0.296. The molecule has 2 heterocycles. The summed E-state index contributed by atoms with van der Waals surface area (Å²) in [6.07, 6.45) is 6.72. The van der Waals surface area contributed by atoms with Crippen molar-refractivity contribution in [3.63, 3.8) is 0 Å². The highest BCUT2D eigenvalue weighted by Gasteiger charge is 2.25. The second kappa shape index (κ2) is 13.6. The Morgan fingerprint density at radius 2 is 1.94 bits per heavy atom. The molecule has 36 heavy (non-hydrogen) atoms. The second-order valence-corrected chi connectivity index (χ2v) is 9.94. The van der Waals surface area contributed by atoms with E-state index >= 15 is 0 Å². The molecule has 0 fully saturated rings. The number of ether oxygens (including phenoxy) is 2. The van der Waals surface area contributed by atoms with Crippen molar-refractivity contribution >= 4 is 40.4 Å². The number of cyclic esters (lactones) is 1. The van der Waals surface area contributed by atoms with Crippen LogP contribution in [0.15, 0.2) is 42.8 Å². The van der Waals surface area contributed by atoms with E-state index in [9.17, 15) is 24.9 Å². The molecule has 1 aromatic carbocycles. The summed E-state index contributed by atoms with van der Waals surface area (Å²) in [7, 11) is 0. The van der Waals surface area contributed by atoms with Gasteiger partial charge in [0.05, 0.1) is 16.6 Å². The number of aliphatic hydroxyl groups is 2. The maximum absolute atomic E-state index is 12.9. The van der Waals surface area contributed by atoms with E-state index in [2.05, 4.69) is 16.0 Å². The van der Waals surface area contributed by atoms with Gasteiger partial charge in [0, 0.05) is 25.0 Å². The van der Waals surface area contributed by atoms with E-state index in [0.717, 1.165) is 19.5 Å². The molecule has 2 aliphatic rings. The van der Waals surface area contributed by atoms with Crippen LogP contribution in [-0.4, -0.2) is 75.2 Å². The number of ketones is 1. The predicted molar refractivity (Wildman–Crippen MR) is 143 cm³/mol. The second-order valence-electron chi connectivity index (χ2n) is 8.50. The maximum atomic E-state index is 12.9. The third-order valence-electron chi connectivity index (χ3n) is 5.64. The van der Waals surface area contributed by atoms with Crippen molar-refractivity contribution in [2.24, 2.45) is 0 Å². The van der Waals surface area contributed by atoms with Crippen LogP contribution in [0.25, 0.3) is 6.08 Å². The number of rotatable bonds is 7. The van der Waals surface area contributed by atoms with Crippen molar-refractivity contribution in [2.45, 2.75) is 48.2 Å². The van der Waals surface area contributed by atoms with E-state index < -0.39 is 30.1 Å². The summed E-state index contributed by atoms with van der Waals surface area (Å²) in [6.45, 7) is 3.52. The van der Waals surface area contributed by atoms with Gasteiger partial charge in [-0.15, -0.1) is 0 Å². The van der Waals surface area contributed by atoms with Gasteiger partial charge in [0.1, 0.15) is 35.4 Å². The summed E-state index contributed by atoms with van der Waals surface area (Å²) in [6, 6.07) is 2.97. The molecular formula is C25H32IN3O7. The molecule has 0 aliphatic carbocycles. The monoisotopic (exact) mass is 613 g/mol. The maximum Gasteiger partial charge on any atom is 0.342 e. The fourth-order valence-electron chi connectivity index (χ4n) is 3.57. The Morgan fingerprint density at radius 3 is 2.69 bits per heavy atom. The van der Waals surface area contributed by atoms with Crippen LogP contribution in [0.3, 0.4) is 0 Å². The molecule has 2 aliphatic heterocycles. The lowest BCUT2D eigenvalue weighted by molar-refractivity contribution is -0.127. The number of phenolic OH excluding ortho intramolecular Hbond substituents is 1. The van der Waals surface area contributed by atoms with Gasteiger partial charge < -0.3 is 40.7 Å². The highest BCUT2D eigenvalue weighted by Crippen LogP contribution is 2.31. The molecule has 0 amide bonds. The van der Waals surface area contributed by atoms with Gasteiger partial charge in [0.25, 0.3) is 0 Å². The molecule has 0 radical (unpaired) electrons. The summed E-state index contributed by atoms with van der Waals surface area (Å²) < 4.78 is 10.9.